The second-order valence-corrected chi connectivity index (χ2v) is 7.29. The van der Waals surface area contributed by atoms with Crippen LogP contribution in [0.4, 0.5) is 15.8 Å². The predicted molar refractivity (Wildman–Crippen MR) is 110 cm³/mol. The maximum Gasteiger partial charge on any atom is 0.282 e. The van der Waals surface area contributed by atoms with Gasteiger partial charge in [-0.15, -0.1) is 0 Å². The van der Waals surface area contributed by atoms with Crippen molar-refractivity contribution in [2.24, 2.45) is 0 Å². The lowest BCUT2D eigenvalue weighted by Gasteiger charge is -2.36. The summed E-state index contributed by atoms with van der Waals surface area (Å²) in [6.45, 7) is 7.88. The van der Waals surface area contributed by atoms with Gasteiger partial charge in [0.1, 0.15) is 11.6 Å². The van der Waals surface area contributed by atoms with Crippen LogP contribution in [-0.2, 0) is 4.79 Å². The van der Waals surface area contributed by atoms with E-state index in [1.807, 2.05) is 32.0 Å². The maximum atomic E-state index is 13.2. The van der Waals surface area contributed by atoms with Crippen molar-refractivity contribution in [1.82, 2.24) is 0 Å². The molecular weight excluding hydrogens is 381 g/mol. The first-order valence-corrected chi connectivity index (χ1v) is 9.94. The van der Waals surface area contributed by atoms with Gasteiger partial charge in [-0.05, 0) is 44.2 Å². The molecule has 1 amide bonds. The third-order valence-corrected chi connectivity index (χ3v) is 5.42. The molecular formula is C21H26ClFN3O2+. The molecule has 0 spiro atoms. The van der Waals surface area contributed by atoms with Crippen LogP contribution in [0.1, 0.15) is 13.8 Å². The molecule has 3 rings (SSSR count). The Labute approximate surface area is 170 Å². The van der Waals surface area contributed by atoms with E-state index in [1.54, 1.807) is 0 Å². The lowest BCUT2D eigenvalue weighted by Crippen LogP contribution is -3.19. The number of rotatable bonds is 6. The second kappa shape index (κ2) is 9.26. The molecule has 28 heavy (non-hydrogen) atoms. The number of carbonyl (C=O) groups excluding carboxylic acids is 1. The summed E-state index contributed by atoms with van der Waals surface area (Å²) in [4.78, 5) is 16.1. The summed E-state index contributed by atoms with van der Waals surface area (Å²) in [5, 5.41) is 3.01. The fraction of sp³-hybridized carbons (Fsp3) is 0.381. The molecule has 0 unspecified atom stereocenters. The highest BCUT2D eigenvalue weighted by Gasteiger charge is 2.30. The summed E-state index contributed by atoms with van der Waals surface area (Å²) in [5.74, 6) is 0.349. The van der Waals surface area contributed by atoms with Crippen molar-refractivity contribution in [2.75, 3.05) is 43.0 Å². The molecule has 1 fully saturated rings. The number of amides is 1. The molecule has 1 heterocycles. The zero-order valence-electron chi connectivity index (χ0n) is 16.2. The van der Waals surface area contributed by atoms with Gasteiger partial charge in [-0.1, -0.05) is 23.7 Å². The Morgan fingerprint density at radius 3 is 2.68 bits per heavy atom. The van der Waals surface area contributed by atoms with Gasteiger partial charge >= 0.3 is 0 Å². The molecule has 7 heteroatoms. The van der Waals surface area contributed by atoms with Crippen molar-refractivity contribution in [3.8, 4) is 5.75 Å². The number of carbonyl (C=O) groups is 1. The fourth-order valence-electron chi connectivity index (χ4n) is 3.48. The van der Waals surface area contributed by atoms with Gasteiger partial charge in [-0.25, -0.2) is 4.39 Å². The number of anilines is 2. The minimum atomic E-state index is -0.426. The van der Waals surface area contributed by atoms with Gasteiger partial charge in [0.15, 0.2) is 6.04 Å². The number of nitrogens with zero attached hydrogens (tertiary/aromatic N) is 1. The highest BCUT2D eigenvalue weighted by Crippen LogP contribution is 2.28. The number of benzene rings is 2. The van der Waals surface area contributed by atoms with Crippen molar-refractivity contribution < 1.29 is 18.8 Å². The number of para-hydroxylation sites is 2. The van der Waals surface area contributed by atoms with Crippen LogP contribution in [0.2, 0.25) is 5.02 Å². The summed E-state index contributed by atoms with van der Waals surface area (Å²) < 4.78 is 18.9. The Morgan fingerprint density at radius 1 is 1.29 bits per heavy atom. The van der Waals surface area contributed by atoms with E-state index in [1.165, 1.54) is 23.1 Å². The summed E-state index contributed by atoms with van der Waals surface area (Å²) in [7, 11) is 0. The highest BCUT2D eigenvalue weighted by molar-refractivity contribution is 6.33. The number of halogens is 2. The Hall–Kier alpha value is -2.31. The molecule has 2 N–H and O–H groups in total. The standard InChI is InChI=1S/C21H25ClFN3O2/c1-3-28-20-7-5-4-6-19(20)26-12-10-25(11-13-26)15(2)21(27)24-18-9-8-16(23)14-17(18)22/h4-9,14-15H,3,10-13H2,1-2H3,(H,24,27)/p+1/t15-/m0/s1. The van der Waals surface area contributed by atoms with Crippen LogP contribution < -0.4 is 19.9 Å². The molecule has 0 radical (unpaired) electrons. The van der Waals surface area contributed by atoms with E-state index >= 15 is 0 Å². The van der Waals surface area contributed by atoms with Gasteiger partial charge in [-0.3, -0.25) is 4.79 Å². The quantitative estimate of drug-likeness (QED) is 0.775. The van der Waals surface area contributed by atoms with Crippen LogP contribution in [0.5, 0.6) is 5.75 Å². The summed E-state index contributed by atoms with van der Waals surface area (Å²) in [6.07, 6.45) is 0. The second-order valence-electron chi connectivity index (χ2n) is 6.88. The van der Waals surface area contributed by atoms with E-state index in [0.717, 1.165) is 37.6 Å². The first kappa shape index (κ1) is 20.4. The van der Waals surface area contributed by atoms with Crippen LogP contribution >= 0.6 is 11.6 Å². The molecule has 2 aromatic rings. The molecule has 1 aliphatic rings. The minimum absolute atomic E-state index is 0.119. The van der Waals surface area contributed by atoms with E-state index in [-0.39, 0.29) is 17.0 Å². The molecule has 5 nitrogen and oxygen atoms in total. The van der Waals surface area contributed by atoms with Crippen molar-refractivity contribution >= 4 is 28.9 Å². The van der Waals surface area contributed by atoms with Gasteiger partial charge in [0.2, 0.25) is 0 Å². The number of hydrogen-bond acceptors (Lipinski definition) is 3. The van der Waals surface area contributed by atoms with Crippen molar-refractivity contribution in [1.29, 1.82) is 0 Å². The van der Waals surface area contributed by atoms with Gasteiger partial charge in [-0.2, -0.15) is 0 Å². The SMILES string of the molecule is CCOc1ccccc1N1CC[NH+]([C@@H](C)C(=O)Nc2ccc(F)cc2Cl)CC1. The normalized spacial score (nSPS) is 15.9. The van der Waals surface area contributed by atoms with E-state index < -0.39 is 5.82 Å². The third kappa shape index (κ3) is 4.75. The molecule has 0 aromatic heterocycles. The number of hydrogen-bond donors (Lipinski definition) is 2. The Morgan fingerprint density at radius 2 is 2.00 bits per heavy atom. The minimum Gasteiger partial charge on any atom is -0.492 e. The van der Waals surface area contributed by atoms with Crippen molar-refractivity contribution in [2.45, 2.75) is 19.9 Å². The predicted octanol–water partition coefficient (Wildman–Crippen LogP) is 2.61. The third-order valence-electron chi connectivity index (χ3n) is 5.11. The van der Waals surface area contributed by atoms with Gasteiger partial charge in [0.25, 0.3) is 5.91 Å². The zero-order chi connectivity index (χ0) is 20.1. The Balaban J connectivity index is 1.59. The summed E-state index contributed by atoms with van der Waals surface area (Å²) >= 11 is 6.01. The lowest BCUT2D eigenvalue weighted by molar-refractivity contribution is -0.914. The zero-order valence-corrected chi connectivity index (χ0v) is 16.9. The van der Waals surface area contributed by atoms with Gasteiger partial charge in [0, 0.05) is 0 Å². The van der Waals surface area contributed by atoms with Crippen molar-refractivity contribution in [3.05, 3.63) is 53.3 Å². The maximum absolute atomic E-state index is 13.2. The molecule has 2 aromatic carbocycles. The Bertz CT molecular complexity index is 825. The van der Waals surface area contributed by atoms with E-state index in [4.69, 9.17) is 16.3 Å². The number of nitrogens with one attached hydrogen (secondary N) is 2. The largest absolute Gasteiger partial charge is 0.492 e. The first-order valence-electron chi connectivity index (χ1n) is 9.57. The van der Waals surface area contributed by atoms with E-state index in [0.29, 0.717) is 12.3 Å². The molecule has 1 aliphatic heterocycles. The van der Waals surface area contributed by atoms with Gasteiger partial charge < -0.3 is 19.9 Å². The molecule has 1 saturated heterocycles. The van der Waals surface area contributed by atoms with E-state index in [9.17, 15) is 9.18 Å². The van der Waals surface area contributed by atoms with Gasteiger partial charge in [0.05, 0.1) is 49.2 Å². The van der Waals surface area contributed by atoms with Crippen LogP contribution in [0.25, 0.3) is 0 Å². The molecule has 1 atom stereocenters. The topological polar surface area (TPSA) is 46.0 Å². The number of quaternary nitrogens is 1. The van der Waals surface area contributed by atoms with Crippen LogP contribution in [-0.4, -0.2) is 44.7 Å². The fourth-order valence-corrected chi connectivity index (χ4v) is 3.70. The molecule has 0 bridgehead atoms. The van der Waals surface area contributed by atoms with Crippen LogP contribution in [0.3, 0.4) is 0 Å². The number of piperazine rings is 1. The van der Waals surface area contributed by atoms with Crippen LogP contribution in [0.15, 0.2) is 42.5 Å². The first-order chi connectivity index (χ1) is 13.5. The average molecular weight is 407 g/mol. The Kier molecular flexibility index (Phi) is 6.75. The van der Waals surface area contributed by atoms with Crippen molar-refractivity contribution in [3.63, 3.8) is 0 Å². The van der Waals surface area contributed by atoms with E-state index in [2.05, 4.69) is 16.3 Å². The molecule has 150 valence electrons. The molecule has 0 aliphatic carbocycles. The summed E-state index contributed by atoms with van der Waals surface area (Å²) in [5.41, 5.74) is 1.53. The summed E-state index contributed by atoms with van der Waals surface area (Å²) in [6, 6.07) is 11.8. The highest BCUT2D eigenvalue weighted by atomic mass is 35.5. The monoisotopic (exact) mass is 406 g/mol. The molecule has 0 saturated carbocycles. The number of ether oxygens (including phenoxy) is 1. The lowest BCUT2D eigenvalue weighted by atomic mass is 10.2. The smallest absolute Gasteiger partial charge is 0.282 e. The average Bonchev–Trinajstić information content (AvgIpc) is 2.70. The van der Waals surface area contributed by atoms with Crippen LogP contribution in [0, 0.1) is 5.82 Å².